The lowest BCUT2D eigenvalue weighted by Gasteiger charge is -2.40. The molecule has 0 aromatic heterocycles. The molecule has 1 rings (SSSR count). The monoisotopic (exact) mass is 249 g/mol. The van der Waals surface area contributed by atoms with Crippen LogP contribution in [-0.4, -0.2) is 42.6 Å². The summed E-state index contributed by atoms with van der Waals surface area (Å²) in [6.07, 6.45) is 1.51. The van der Waals surface area contributed by atoms with E-state index in [1.54, 1.807) is 6.92 Å². The Balaban J connectivity index is 2.43. The fourth-order valence-corrected chi connectivity index (χ4v) is 3.42. The lowest BCUT2D eigenvalue weighted by molar-refractivity contribution is -0.144. The Labute approximate surface area is 96.5 Å². The third kappa shape index (κ3) is 2.95. The van der Waals surface area contributed by atoms with Gasteiger partial charge in [-0.2, -0.15) is 0 Å². The van der Waals surface area contributed by atoms with Crippen LogP contribution in [0.2, 0.25) is 0 Å². The number of hydrogen-bond acceptors (Lipinski definition) is 3. The third-order valence-electron chi connectivity index (χ3n) is 3.12. The highest BCUT2D eigenvalue weighted by atomic mass is 32.2. The van der Waals surface area contributed by atoms with E-state index in [0.29, 0.717) is 19.5 Å². The van der Waals surface area contributed by atoms with Crippen molar-refractivity contribution in [2.75, 3.05) is 18.8 Å². The predicted octanol–water partition coefficient (Wildman–Crippen LogP) is 0.769. The van der Waals surface area contributed by atoms with Gasteiger partial charge in [0.25, 0.3) is 0 Å². The van der Waals surface area contributed by atoms with Crippen LogP contribution in [0, 0.1) is 11.8 Å². The highest BCUT2D eigenvalue weighted by molar-refractivity contribution is 7.89. The second-order valence-corrected chi connectivity index (χ2v) is 6.46. The fraction of sp³-hybridized carbons (Fsp3) is 0.900. The number of nitrogens with zero attached hydrogens (tertiary/aromatic N) is 1. The van der Waals surface area contributed by atoms with Crippen LogP contribution in [0.25, 0.3) is 0 Å². The van der Waals surface area contributed by atoms with Crippen molar-refractivity contribution < 1.29 is 18.3 Å². The van der Waals surface area contributed by atoms with Gasteiger partial charge in [0.1, 0.15) is 0 Å². The van der Waals surface area contributed by atoms with Crippen LogP contribution >= 0.6 is 0 Å². The smallest absolute Gasteiger partial charge is 0.306 e. The summed E-state index contributed by atoms with van der Waals surface area (Å²) in [4.78, 5) is 10.7. The second-order valence-electron chi connectivity index (χ2n) is 4.37. The number of aliphatic carboxylic acids is 1. The van der Waals surface area contributed by atoms with Gasteiger partial charge in [-0.25, -0.2) is 12.7 Å². The van der Waals surface area contributed by atoms with Crippen LogP contribution in [0.5, 0.6) is 0 Å². The molecule has 0 amide bonds. The third-order valence-corrected chi connectivity index (χ3v) is 5.01. The average Bonchev–Trinajstić information content (AvgIpc) is 2.11. The summed E-state index contributed by atoms with van der Waals surface area (Å²) in [5.41, 5.74) is 0. The van der Waals surface area contributed by atoms with E-state index in [2.05, 4.69) is 0 Å². The molecule has 0 aromatic rings. The Bertz CT molecular complexity index is 346. The lowest BCUT2D eigenvalue weighted by atomic mass is 9.89. The minimum Gasteiger partial charge on any atom is -0.481 e. The van der Waals surface area contributed by atoms with E-state index >= 15 is 0 Å². The van der Waals surface area contributed by atoms with Gasteiger partial charge < -0.3 is 5.11 Å². The number of carboxylic acid groups (broad SMARTS) is 1. The van der Waals surface area contributed by atoms with Crippen LogP contribution in [0.1, 0.15) is 26.7 Å². The van der Waals surface area contributed by atoms with Crippen LogP contribution in [0.15, 0.2) is 0 Å². The van der Waals surface area contributed by atoms with Crippen LogP contribution in [0.3, 0.4) is 0 Å². The van der Waals surface area contributed by atoms with Gasteiger partial charge in [-0.05, 0) is 12.3 Å². The first-order valence-electron chi connectivity index (χ1n) is 5.59. The molecular weight excluding hydrogens is 230 g/mol. The lowest BCUT2D eigenvalue weighted by Crippen LogP contribution is -2.53. The molecule has 16 heavy (non-hydrogen) atoms. The predicted molar refractivity (Wildman–Crippen MR) is 60.6 cm³/mol. The molecule has 5 nitrogen and oxygen atoms in total. The van der Waals surface area contributed by atoms with Crippen LogP contribution in [0.4, 0.5) is 0 Å². The molecule has 0 aromatic carbocycles. The summed E-state index contributed by atoms with van der Waals surface area (Å²) < 4.78 is 24.8. The molecule has 1 aliphatic heterocycles. The molecule has 0 bridgehead atoms. The normalized spacial score (nSPS) is 20.4. The maximum absolute atomic E-state index is 11.7. The molecule has 1 atom stereocenters. The zero-order valence-corrected chi connectivity index (χ0v) is 10.5. The Kier molecular flexibility index (Phi) is 4.32. The summed E-state index contributed by atoms with van der Waals surface area (Å²) in [5.74, 6) is -1.17. The molecule has 0 radical (unpaired) electrons. The second kappa shape index (κ2) is 5.14. The summed E-state index contributed by atoms with van der Waals surface area (Å²) in [6, 6.07) is 0. The van der Waals surface area contributed by atoms with E-state index in [4.69, 9.17) is 5.11 Å². The van der Waals surface area contributed by atoms with E-state index in [1.165, 1.54) is 4.31 Å². The van der Waals surface area contributed by atoms with Gasteiger partial charge >= 0.3 is 5.97 Å². The standard InChI is InChI=1S/C10H19NO4S/c1-3-4-5-16(14,15)11-6-9(7-11)8(2)10(12)13/h8-9H,3-7H2,1-2H3,(H,12,13). The Morgan fingerprint density at radius 2 is 2.06 bits per heavy atom. The van der Waals surface area contributed by atoms with Crippen LogP contribution in [-0.2, 0) is 14.8 Å². The number of carboxylic acids is 1. The number of hydrogen-bond donors (Lipinski definition) is 1. The van der Waals surface area contributed by atoms with Gasteiger partial charge in [0.05, 0.1) is 11.7 Å². The van der Waals surface area contributed by atoms with Gasteiger partial charge in [-0.3, -0.25) is 4.79 Å². The van der Waals surface area contributed by atoms with E-state index in [-0.39, 0.29) is 11.7 Å². The molecule has 1 aliphatic rings. The van der Waals surface area contributed by atoms with Crippen molar-refractivity contribution in [1.29, 1.82) is 0 Å². The molecule has 1 saturated heterocycles. The first kappa shape index (κ1) is 13.4. The zero-order valence-electron chi connectivity index (χ0n) is 9.72. The molecule has 0 aliphatic carbocycles. The van der Waals surface area contributed by atoms with Gasteiger partial charge in [-0.1, -0.05) is 20.3 Å². The zero-order chi connectivity index (χ0) is 12.3. The van der Waals surface area contributed by atoms with E-state index in [1.807, 2.05) is 6.92 Å². The van der Waals surface area contributed by atoms with Crippen molar-refractivity contribution in [2.24, 2.45) is 11.8 Å². The summed E-state index contributed by atoms with van der Waals surface area (Å²) >= 11 is 0. The first-order valence-corrected chi connectivity index (χ1v) is 7.20. The Morgan fingerprint density at radius 3 is 2.50 bits per heavy atom. The van der Waals surface area contributed by atoms with E-state index < -0.39 is 21.9 Å². The number of sulfonamides is 1. The topological polar surface area (TPSA) is 74.7 Å². The largest absolute Gasteiger partial charge is 0.481 e. The van der Waals surface area contributed by atoms with Gasteiger partial charge in [0.2, 0.25) is 10.0 Å². The SMILES string of the molecule is CCCCS(=O)(=O)N1CC(C(C)C(=O)O)C1. The summed E-state index contributed by atoms with van der Waals surface area (Å²) in [7, 11) is -3.14. The van der Waals surface area contributed by atoms with Crippen LogP contribution < -0.4 is 0 Å². The highest BCUT2D eigenvalue weighted by Crippen LogP contribution is 2.27. The molecule has 1 heterocycles. The maximum Gasteiger partial charge on any atom is 0.306 e. The van der Waals surface area contributed by atoms with Gasteiger partial charge in [0.15, 0.2) is 0 Å². The molecule has 1 N–H and O–H groups in total. The number of carbonyl (C=O) groups is 1. The molecular formula is C10H19NO4S. The number of unbranched alkanes of at least 4 members (excludes halogenated alkanes) is 1. The quantitative estimate of drug-likeness (QED) is 0.754. The van der Waals surface area contributed by atoms with Crippen molar-refractivity contribution in [3.8, 4) is 0 Å². The van der Waals surface area contributed by atoms with Crippen molar-refractivity contribution in [3.05, 3.63) is 0 Å². The Hall–Kier alpha value is -0.620. The van der Waals surface area contributed by atoms with E-state index in [9.17, 15) is 13.2 Å². The number of rotatable bonds is 6. The van der Waals surface area contributed by atoms with Crippen molar-refractivity contribution in [2.45, 2.75) is 26.7 Å². The first-order chi connectivity index (χ1) is 7.38. The van der Waals surface area contributed by atoms with Crippen molar-refractivity contribution in [3.63, 3.8) is 0 Å². The van der Waals surface area contributed by atoms with Gasteiger partial charge in [0, 0.05) is 13.1 Å². The molecule has 1 unspecified atom stereocenters. The van der Waals surface area contributed by atoms with E-state index in [0.717, 1.165) is 6.42 Å². The molecule has 1 fully saturated rings. The molecule has 0 spiro atoms. The van der Waals surface area contributed by atoms with Crippen molar-refractivity contribution >= 4 is 16.0 Å². The molecule has 0 saturated carbocycles. The van der Waals surface area contributed by atoms with Crippen molar-refractivity contribution in [1.82, 2.24) is 4.31 Å². The summed E-state index contributed by atoms with van der Waals surface area (Å²) in [6.45, 7) is 4.29. The molecule has 6 heteroatoms. The fourth-order valence-electron chi connectivity index (χ4n) is 1.67. The highest BCUT2D eigenvalue weighted by Gasteiger charge is 2.40. The minimum absolute atomic E-state index is 0.0334. The summed E-state index contributed by atoms with van der Waals surface area (Å²) in [5, 5.41) is 8.78. The van der Waals surface area contributed by atoms with Gasteiger partial charge in [-0.15, -0.1) is 0 Å². The minimum atomic E-state index is -3.14. The average molecular weight is 249 g/mol. The molecule has 94 valence electrons. The maximum atomic E-state index is 11.7. The Morgan fingerprint density at radius 1 is 1.50 bits per heavy atom.